The molecule has 0 amide bonds. The zero-order valence-corrected chi connectivity index (χ0v) is 12.3. The smallest absolute Gasteiger partial charge is 0.201 e. The fourth-order valence-corrected chi connectivity index (χ4v) is 2.15. The van der Waals surface area contributed by atoms with Crippen LogP contribution in [-0.4, -0.2) is 17.5 Å². The van der Waals surface area contributed by atoms with E-state index in [2.05, 4.69) is 0 Å². The lowest BCUT2D eigenvalue weighted by atomic mass is 10.00. The average Bonchev–Trinajstić information content (AvgIpc) is 2.51. The molecule has 1 N–H and O–H groups in total. The molecule has 2 aromatic carbocycles. The van der Waals surface area contributed by atoms with Crippen molar-refractivity contribution < 1.29 is 23.4 Å². The van der Waals surface area contributed by atoms with Crippen LogP contribution < -0.4 is 4.74 Å². The quantitative estimate of drug-likeness (QED) is 0.836. The first-order valence-electron chi connectivity index (χ1n) is 6.96. The molecule has 0 atom stereocenters. The number of phenolic OH excluding ortho intramolecular Hbond substituents is 1. The third kappa shape index (κ3) is 2.93. The van der Waals surface area contributed by atoms with Gasteiger partial charge in [0.1, 0.15) is 5.75 Å². The van der Waals surface area contributed by atoms with Crippen LogP contribution in [0.15, 0.2) is 30.3 Å². The largest absolute Gasteiger partial charge is 0.507 e. The Balaban J connectivity index is 2.47. The highest BCUT2D eigenvalue weighted by atomic mass is 19.2. The monoisotopic (exact) mass is 306 g/mol. The minimum absolute atomic E-state index is 0.00764. The van der Waals surface area contributed by atoms with Gasteiger partial charge in [-0.05, 0) is 36.8 Å². The van der Waals surface area contributed by atoms with Gasteiger partial charge in [-0.1, -0.05) is 13.0 Å². The van der Waals surface area contributed by atoms with Crippen molar-refractivity contribution in [2.45, 2.75) is 20.3 Å². The van der Waals surface area contributed by atoms with E-state index in [4.69, 9.17) is 4.74 Å². The number of rotatable bonds is 5. The summed E-state index contributed by atoms with van der Waals surface area (Å²) in [5, 5.41) is 9.89. The molecule has 0 aliphatic carbocycles. The summed E-state index contributed by atoms with van der Waals surface area (Å²) in [6.45, 7) is 3.58. The molecule has 0 saturated heterocycles. The van der Waals surface area contributed by atoms with E-state index in [0.29, 0.717) is 0 Å². The summed E-state index contributed by atoms with van der Waals surface area (Å²) < 4.78 is 33.0. The fraction of sp³-hybridized carbons (Fsp3) is 0.235. The maximum Gasteiger partial charge on any atom is 0.201 e. The van der Waals surface area contributed by atoms with Crippen molar-refractivity contribution in [1.82, 2.24) is 0 Å². The number of hydrogen-bond acceptors (Lipinski definition) is 3. The van der Waals surface area contributed by atoms with E-state index >= 15 is 0 Å². The van der Waals surface area contributed by atoms with E-state index in [9.17, 15) is 18.7 Å². The third-order valence-electron chi connectivity index (χ3n) is 3.28. The first-order valence-corrected chi connectivity index (χ1v) is 6.96. The first kappa shape index (κ1) is 15.9. The number of aromatic hydroxyl groups is 1. The predicted octanol–water partition coefficient (Wildman–Crippen LogP) is 4.33. The normalized spacial score (nSPS) is 10.5. The molecule has 0 aromatic heterocycles. The first-order chi connectivity index (χ1) is 10.5. The van der Waals surface area contributed by atoms with E-state index in [1.807, 2.05) is 0 Å². The van der Waals surface area contributed by atoms with Gasteiger partial charge in [0.2, 0.25) is 5.82 Å². The van der Waals surface area contributed by atoms with Gasteiger partial charge in [0.05, 0.1) is 12.2 Å². The Morgan fingerprint density at radius 1 is 1.14 bits per heavy atom. The van der Waals surface area contributed by atoms with Crippen LogP contribution in [0.1, 0.15) is 30.6 Å². The van der Waals surface area contributed by atoms with E-state index < -0.39 is 11.6 Å². The highest BCUT2D eigenvalue weighted by molar-refractivity contribution is 5.99. The number of Topliss-reactive ketones (excluding diaryl/α,β-unsaturated/α-hetero) is 1. The van der Waals surface area contributed by atoms with Crippen molar-refractivity contribution in [3.05, 3.63) is 47.5 Å². The van der Waals surface area contributed by atoms with Crippen LogP contribution in [0.3, 0.4) is 0 Å². The minimum Gasteiger partial charge on any atom is -0.507 e. The summed E-state index contributed by atoms with van der Waals surface area (Å²) in [6.07, 6.45) is 0.249. The number of hydrogen-bond donors (Lipinski definition) is 1. The van der Waals surface area contributed by atoms with Crippen LogP contribution in [0.4, 0.5) is 8.78 Å². The molecule has 0 aliphatic rings. The second kappa shape index (κ2) is 6.56. The van der Waals surface area contributed by atoms with Gasteiger partial charge in [-0.2, -0.15) is 4.39 Å². The van der Waals surface area contributed by atoms with Crippen molar-refractivity contribution in [2.24, 2.45) is 0 Å². The van der Waals surface area contributed by atoms with Gasteiger partial charge in [0, 0.05) is 12.0 Å². The molecule has 2 aromatic rings. The zero-order chi connectivity index (χ0) is 16.3. The molecule has 3 nitrogen and oxygen atoms in total. The second-order valence-corrected chi connectivity index (χ2v) is 4.68. The van der Waals surface area contributed by atoms with Gasteiger partial charge in [0.25, 0.3) is 0 Å². The molecule has 22 heavy (non-hydrogen) atoms. The molecule has 0 fully saturated rings. The van der Waals surface area contributed by atoms with E-state index in [-0.39, 0.29) is 47.0 Å². The summed E-state index contributed by atoms with van der Waals surface area (Å²) in [5.74, 6) is -2.77. The van der Waals surface area contributed by atoms with Crippen LogP contribution in [0.25, 0.3) is 11.1 Å². The van der Waals surface area contributed by atoms with Crippen LogP contribution in [0.2, 0.25) is 0 Å². The van der Waals surface area contributed by atoms with Gasteiger partial charge < -0.3 is 9.84 Å². The number of ketones is 1. The average molecular weight is 306 g/mol. The van der Waals surface area contributed by atoms with Gasteiger partial charge >= 0.3 is 0 Å². The molecular weight excluding hydrogens is 290 g/mol. The van der Waals surface area contributed by atoms with Gasteiger partial charge in [-0.25, -0.2) is 4.39 Å². The SMILES string of the molecule is CCOc1ccc(-c2ccc(C(=O)CC)c(O)c2)c(F)c1F. The van der Waals surface area contributed by atoms with E-state index in [0.717, 1.165) is 0 Å². The summed E-state index contributed by atoms with van der Waals surface area (Å²) in [4.78, 5) is 11.6. The minimum atomic E-state index is -1.08. The highest BCUT2D eigenvalue weighted by Gasteiger charge is 2.17. The molecular formula is C17H16F2O3. The zero-order valence-electron chi connectivity index (χ0n) is 12.3. The Morgan fingerprint density at radius 3 is 2.45 bits per heavy atom. The molecule has 0 radical (unpaired) electrons. The van der Waals surface area contributed by atoms with Gasteiger partial charge in [-0.3, -0.25) is 4.79 Å². The molecule has 0 saturated carbocycles. The molecule has 0 heterocycles. The Morgan fingerprint density at radius 2 is 1.86 bits per heavy atom. The van der Waals surface area contributed by atoms with Crippen LogP contribution >= 0.6 is 0 Å². The van der Waals surface area contributed by atoms with Crippen molar-refractivity contribution >= 4 is 5.78 Å². The Kier molecular flexibility index (Phi) is 4.75. The van der Waals surface area contributed by atoms with Crippen molar-refractivity contribution in [3.63, 3.8) is 0 Å². The van der Waals surface area contributed by atoms with E-state index in [1.165, 1.54) is 30.3 Å². The number of carbonyl (C=O) groups is 1. The number of halogens is 2. The summed E-state index contributed by atoms with van der Waals surface area (Å²) in [6, 6.07) is 6.84. The Labute approximate surface area is 127 Å². The number of phenols is 1. The van der Waals surface area contributed by atoms with Crippen molar-refractivity contribution in [1.29, 1.82) is 0 Å². The van der Waals surface area contributed by atoms with E-state index in [1.54, 1.807) is 13.8 Å². The number of ether oxygens (including phenoxy) is 1. The molecule has 0 bridgehead atoms. The van der Waals surface area contributed by atoms with Crippen molar-refractivity contribution in [2.75, 3.05) is 6.61 Å². The van der Waals surface area contributed by atoms with Crippen LogP contribution in [0, 0.1) is 11.6 Å². The predicted molar refractivity (Wildman–Crippen MR) is 79.2 cm³/mol. The summed E-state index contributed by atoms with van der Waals surface area (Å²) >= 11 is 0. The lowest BCUT2D eigenvalue weighted by molar-refractivity contribution is 0.0985. The fourth-order valence-electron chi connectivity index (χ4n) is 2.15. The van der Waals surface area contributed by atoms with Crippen LogP contribution in [-0.2, 0) is 0 Å². The second-order valence-electron chi connectivity index (χ2n) is 4.68. The molecule has 0 spiro atoms. The van der Waals surface area contributed by atoms with Gasteiger partial charge in [0.15, 0.2) is 17.3 Å². The third-order valence-corrected chi connectivity index (χ3v) is 3.28. The molecule has 0 aliphatic heterocycles. The molecule has 2 rings (SSSR count). The number of benzene rings is 2. The number of carbonyl (C=O) groups excluding carboxylic acids is 1. The van der Waals surface area contributed by atoms with Crippen LogP contribution in [0.5, 0.6) is 11.5 Å². The maximum atomic E-state index is 14.1. The standard InChI is InChI=1S/C17H16F2O3/c1-3-13(20)12-6-5-10(9-14(12)21)11-7-8-15(22-4-2)17(19)16(11)18/h5-9,21H,3-4H2,1-2H3. The highest BCUT2D eigenvalue weighted by Crippen LogP contribution is 2.32. The summed E-state index contributed by atoms with van der Waals surface area (Å²) in [7, 11) is 0. The molecule has 116 valence electrons. The summed E-state index contributed by atoms with van der Waals surface area (Å²) in [5.41, 5.74) is 0.439. The lowest BCUT2D eigenvalue weighted by Crippen LogP contribution is -2.00. The van der Waals surface area contributed by atoms with Crippen molar-refractivity contribution in [3.8, 4) is 22.6 Å². The van der Waals surface area contributed by atoms with Gasteiger partial charge in [-0.15, -0.1) is 0 Å². The maximum absolute atomic E-state index is 14.1. The lowest BCUT2D eigenvalue weighted by Gasteiger charge is -2.10. The molecule has 5 heteroatoms. The Bertz CT molecular complexity index is 711. The molecule has 0 unspecified atom stereocenters. The topological polar surface area (TPSA) is 46.5 Å². The Hall–Kier alpha value is -2.43.